The SMILES string of the molecule is CN1CC[C@]23CCCC[C@@]2(O)[C@H]1Cc1ccc(C(=O)NCCc2ccc(-c4cc[nH]c(=O)c4)cc2)c(O)c13. The Morgan fingerprint density at radius 2 is 1.87 bits per heavy atom. The number of pyridine rings is 1. The summed E-state index contributed by atoms with van der Waals surface area (Å²) in [5.41, 5.74) is 3.53. The predicted molar refractivity (Wildman–Crippen MR) is 146 cm³/mol. The summed E-state index contributed by atoms with van der Waals surface area (Å²) < 4.78 is 0. The third kappa shape index (κ3) is 3.87. The van der Waals surface area contributed by atoms with Crippen LogP contribution in [0.3, 0.4) is 0 Å². The zero-order valence-corrected chi connectivity index (χ0v) is 21.8. The first kappa shape index (κ1) is 24.9. The summed E-state index contributed by atoms with van der Waals surface area (Å²) in [7, 11) is 2.09. The summed E-state index contributed by atoms with van der Waals surface area (Å²) in [5, 5.41) is 26.5. The molecule has 2 fully saturated rings. The van der Waals surface area contributed by atoms with Crippen molar-refractivity contribution in [1.29, 1.82) is 0 Å². The number of aromatic hydroxyl groups is 1. The Labute approximate surface area is 222 Å². The lowest BCUT2D eigenvalue weighted by Crippen LogP contribution is -2.71. The lowest BCUT2D eigenvalue weighted by atomic mass is 9.49. The van der Waals surface area contributed by atoms with E-state index in [0.29, 0.717) is 19.4 Å². The number of hydrogen-bond acceptors (Lipinski definition) is 5. The summed E-state index contributed by atoms with van der Waals surface area (Å²) in [6, 6.07) is 15.1. The normalized spacial score (nSPS) is 26.3. The number of nitrogens with zero attached hydrogens (tertiary/aromatic N) is 1. The highest BCUT2D eigenvalue weighted by atomic mass is 16.3. The molecular formula is C31H35N3O4. The number of likely N-dealkylation sites (tertiary alicyclic amines) is 1. The van der Waals surface area contributed by atoms with E-state index in [1.807, 2.05) is 36.4 Å². The highest BCUT2D eigenvalue weighted by Gasteiger charge is 2.63. The van der Waals surface area contributed by atoms with Crippen LogP contribution in [-0.2, 0) is 18.3 Å². The second kappa shape index (κ2) is 9.40. The van der Waals surface area contributed by atoms with Gasteiger partial charge in [0.05, 0.1) is 11.2 Å². The van der Waals surface area contributed by atoms with E-state index in [1.165, 1.54) is 0 Å². The number of fused-ring (bicyclic) bond motifs is 1. The molecule has 4 N–H and O–H groups in total. The minimum atomic E-state index is -0.878. The Morgan fingerprint density at radius 1 is 1.08 bits per heavy atom. The molecule has 1 aromatic heterocycles. The van der Waals surface area contributed by atoms with Crippen LogP contribution in [0, 0.1) is 0 Å². The van der Waals surface area contributed by atoms with Gasteiger partial charge in [-0.15, -0.1) is 0 Å². The first-order chi connectivity index (χ1) is 18.3. The quantitative estimate of drug-likeness (QED) is 0.418. The maximum Gasteiger partial charge on any atom is 0.255 e. The van der Waals surface area contributed by atoms with Crippen LogP contribution in [0.5, 0.6) is 5.75 Å². The van der Waals surface area contributed by atoms with Gasteiger partial charge in [0.2, 0.25) is 5.56 Å². The van der Waals surface area contributed by atoms with Crippen molar-refractivity contribution >= 4 is 5.91 Å². The number of piperidine rings is 1. The van der Waals surface area contributed by atoms with Crippen LogP contribution >= 0.6 is 0 Å². The van der Waals surface area contributed by atoms with E-state index in [4.69, 9.17) is 0 Å². The monoisotopic (exact) mass is 513 g/mol. The lowest BCUT2D eigenvalue weighted by Gasteiger charge is -2.63. The third-order valence-corrected chi connectivity index (χ3v) is 9.38. The molecule has 0 radical (unpaired) electrons. The summed E-state index contributed by atoms with van der Waals surface area (Å²) in [6.45, 7) is 1.31. The smallest absolute Gasteiger partial charge is 0.255 e. The summed E-state index contributed by atoms with van der Waals surface area (Å²) in [4.78, 5) is 29.7. The molecule has 198 valence electrons. The lowest BCUT2D eigenvalue weighted by molar-refractivity contribution is -0.161. The number of likely N-dealkylation sites (N-methyl/N-ethyl adjacent to an activating group) is 1. The van der Waals surface area contributed by atoms with E-state index < -0.39 is 11.0 Å². The maximum atomic E-state index is 13.2. The Morgan fingerprint density at radius 3 is 2.66 bits per heavy atom. The number of nitrogens with one attached hydrogen (secondary N) is 2. The molecule has 1 amide bonds. The molecular weight excluding hydrogens is 478 g/mol. The molecule has 1 aliphatic heterocycles. The van der Waals surface area contributed by atoms with E-state index in [9.17, 15) is 19.8 Å². The van der Waals surface area contributed by atoms with Gasteiger partial charge in [0.25, 0.3) is 5.91 Å². The van der Waals surface area contributed by atoms with Gasteiger partial charge in [-0.05, 0) is 80.1 Å². The van der Waals surface area contributed by atoms with E-state index in [-0.39, 0.29) is 28.8 Å². The number of amides is 1. The van der Waals surface area contributed by atoms with Crippen molar-refractivity contribution in [2.24, 2.45) is 0 Å². The van der Waals surface area contributed by atoms with Crippen LogP contribution in [0.25, 0.3) is 11.1 Å². The van der Waals surface area contributed by atoms with Crippen LogP contribution < -0.4 is 10.9 Å². The number of benzene rings is 2. The fourth-order valence-electron chi connectivity index (χ4n) is 7.41. The minimum absolute atomic E-state index is 0.0390. The molecule has 2 aliphatic carbocycles. The van der Waals surface area contributed by atoms with Crippen LogP contribution in [0.4, 0.5) is 0 Å². The van der Waals surface area contributed by atoms with E-state index in [2.05, 4.69) is 22.2 Å². The third-order valence-electron chi connectivity index (χ3n) is 9.38. The Kier molecular flexibility index (Phi) is 6.16. The molecule has 6 rings (SSSR count). The van der Waals surface area contributed by atoms with Gasteiger partial charge in [-0.2, -0.15) is 0 Å². The maximum absolute atomic E-state index is 13.2. The number of aromatic nitrogens is 1. The van der Waals surface area contributed by atoms with Crippen molar-refractivity contribution in [3.05, 3.63) is 87.3 Å². The second-order valence-corrected chi connectivity index (χ2v) is 11.3. The number of hydrogen-bond donors (Lipinski definition) is 4. The molecule has 0 unspecified atom stereocenters. The van der Waals surface area contributed by atoms with Crippen LogP contribution in [0.1, 0.15) is 59.2 Å². The van der Waals surface area contributed by atoms with Crippen LogP contribution in [0.2, 0.25) is 0 Å². The molecule has 38 heavy (non-hydrogen) atoms. The van der Waals surface area contributed by atoms with Crippen molar-refractivity contribution in [3.8, 4) is 16.9 Å². The fraction of sp³-hybridized carbons (Fsp3) is 0.419. The number of aliphatic hydroxyl groups is 1. The van der Waals surface area contributed by atoms with Crippen molar-refractivity contribution in [3.63, 3.8) is 0 Å². The van der Waals surface area contributed by atoms with Gasteiger partial charge in [0, 0.05) is 35.8 Å². The number of rotatable bonds is 5. The fourth-order valence-corrected chi connectivity index (χ4v) is 7.41. The van der Waals surface area contributed by atoms with Gasteiger partial charge in [-0.25, -0.2) is 0 Å². The molecule has 2 bridgehead atoms. The van der Waals surface area contributed by atoms with Gasteiger partial charge in [0.15, 0.2) is 0 Å². The van der Waals surface area contributed by atoms with Gasteiger partial charge < -0.3 is 25.4 Å². The molecule has 7 heteroatoms. The van der Waals surface area contributed by atoms with Crippen molar-refractivity contribution in [2.45, 2.75) is 62.0 Å². The molecule has 3 atom stereocenters. The highest BCUT2D eigenvalue weighted by molar-refractivity contribution is 5.97. The number of H-pyrrole nitrogens is 1. The highest BCUT2D eigenvalue weighted by Crippen LogP contribution is 2.60. The van der Waals surface area contributed by atoms with Gasteiger partial charge in [0.1, 0.15) is 5.75 Å². The van der Waals surface area contributed by atoms with Crippen LogP contribution in [-0.4, -0.2) is 57.8 Å². The van der Waals surface area contributed by atoms with Crippen molar-refractivity contribution < 1.29 is 15.0 Å². The summed E-state index contributed by atoms with van der Waals surface area (Å²) in [6.07, 6.45) is 7.34. The Bertz CT molecular complexity index is 1430. The summed E-state index contributed by atoms with van der Waals surface area (Å²) >= 11 is 0. The number of carbonyl (C=O) groups is 1. The summed E-state index contributed by atoms with van der Waals surface area (Å²) in [5.74, 6) is -0.248. The molecule has 7 nitrogen and oxygen atoms in total. The molecule has 2 aromatic carbocycles. The van der Waals surface area contributed by atoms with Crippen LogP contribution in [0.15, 0.2) is 59.5 Å². The molecule has 1 saturated heterocycles. The number of carbonyl (C=O) groups excluding carboxylic acids is 1. The topological polar surface area (TPSA) is 106 Å². The zero-order valence-electron chi connectivity index (χ0n) is 21.8. The minimum Gasteiger partial charge on any atom is -0.507 e. The largest absolute Gasteiger partial charge is 0.507 e. The first-order valence-corrected chi connectivity index (χ1v) is 13.7. The predicted octanol–water partition coefficient (Wildman–Crippen LogP) is 3.52. The second-order valence-electron chi connectivity index (χ2n) is 11.3. The van der Waals surface area contributed by atoms with Gasteiger partial charge in [-0.1, -0.05) is 43.2 Å². The van der Waals surface area contributed by atoms with E-state index in [0.717, 1.165) is 66.5 Å². The molecule has 0 spiro atoms. The van der Waals surface area contributed by atoms with E-state index >= 15 is 0 Å². The Hall–Kier alpha value is -3.42. The molecule has 2 heterocycles. The van der Waals surface area contributed by atoms with Crippen molar-refractivity contribution in [2.75, 3.05) is 20.1 Å². The average Bonchev–Trinajstić information content (AvgIpc) is 2.91. The average molecular weight is 514 g/mol. The number of phenolic OH excluding ortho intramolecular Hbond substituents is 1. The Balaban J connectivity index is 1.19. The molecule has 3 aliphatic rings. The van der Waals surface area contributed by atoms with Gasteiger partial charge >= 0.3 is 0 Å². The first-order valence-electron chi connectivity index (χ1n) is 13.7. The number of phenols is 1. The van der Waals surface area contributed by atoms with Gasteiger partial charge in [-0.3, -0.25) is 9.59 Å². The van der Waals surface area contributed by atoms with Crippen molar-refractivity contribution in [1.82, 2.24) is 15.2 Å². The molecule has 3 aromatic rings. The number of aromatic amines is 1. The van der Waals surface area contributed by atoms with E-state index in [1.54, 1.807) is 18.3 Å². The zero-order chi connectivity index (χ0) is 26.5. The standard InChI is InChI=1S/C31H35N3O4/c1-34-17-14-30-12-2-3-13-31(30,38)25(34)18-23-8-9-24(28(36)27(23)30)29(37)33-15-10-20-4-6-21(7-5-20)22-11-16-32-26(35)19-22/h4-9,11,16,19,25,36,38H,2-3,10,12-15,17-18H2,1H3,(H,32,35)(H,33,37)/t25-,30+,31-/m1/s1. The molecule has 1 saturated carbocycles.